The van der Waals surface area contributed by atoms with Gasteiger partial charge >= 0.3 is 0 Å². The van der Waals surface area contributed by atoms with Gasteiger partial charge in [0.15, 0.2) is 5.17 Å². The van der Waals surface area contributed by atoms with Gasteiger partial charge in [-0.2, -0.15) is 4.99 Å². The lowest BCUT2D eigenvalue weighted by Crippen LogP contribution is -2.40. The quantitative estimate of drug-likeness (QED) is 0.207. The molecule has 35 heavy (non-hydrogen) atoms. The molecule has 5 rings (SSSR count). The Morgan fingerprint density at radius 2 is 2.03 bits per heavy atom. The molecular formula is C23H20ClN5O4S2. The van der Waals surface area contributed by atoms with Gasteiger partial charge in [-0.1, -0.05) is 42.2 Å². The molecule has 1 saturated heterocycles. The van der Waals surface area contributed by atoms with Gasteiger partial charge in [0.05, 0.1) is 14.9 Å². The number of nitrogens with zero attached hydrogens (tertiary/aromatic N) is 5. The molecule has 0 unspecified atom stereocenters. The number of amidine groups is 1. The number of hydrogen-bond donors (Lipinski definition) is 0. The molecule has 2 aromatic heterocycles. The summed E-state index contributed by atoms with van der Waals surface area (Å²) >= 11 is 8.92. The van der Waals surface area contributed by atoms with Crippen molar-refractivity contribution in [3.63, 3.8) is 0 Å². The fourth-order valence-electron chi connectivity index (χ4n) is 4.16. The molecule has 0 bridgehead atoms. The normalized spacial score (nSPS) is 19.3. The molecule has 9 nitrogen and oxygen atoms in total. The van der Waals surface area contributed by atoms with Gasteiger partial charge in [-0.15, -0.1) is 10.2 Å². The monoisotopic (exact) mass is 529 g/mol. The minimum absolute atomic E-state index is 0.0964. The lowest BCUT2D eigenvalue weighted by atomic mass is 9.94. The molecule has 1 aromatic carbocycles. The van der Waals surface area contributed by atoms with E-state index in [0.717, 1.165) is 30.7 Å². The number of nitro groups is 1. The predicted octanol–water partition coefficient (Wildman–Crippen LogP) is 6.60. The summed E-state index contributed by atoms with van der Waals surface area (Å²) < 4.78 is 5.92. The van der Waals surface area contributed by atoms with Crippen LogP contribution in [-0.4, -0.2) is 37.1 Å². The number of benzene rings is 1. The predicted molar refractivity (Wildman–Crippen MR) is 137 cm³/mol. The van der Waals surface area contributed by atoms with Crippen molar-refractivity contribution in [2.45, 2.75) is 45.1 Å². The summed E-state index contributed by atoms with van der Waals surface area (Å²) in [6, 6.07) is 7.77. The highest BCUT2D eigenvalue weighted by Gasteiger charge is 2.39. The van der Waals surface area contributed by atoms with Crippen LogP contribution in [0.5, 0.6) is 0 Å². The zero-order valence-electron chi connectivity index (χ0n) is 18.6. The zero-order chi connectivity index (χ0) is 24.5. The molecule has 3 heterocycles. The van der Waals surface area contributed by atoms with E-state index in [1.165, 1.54) is 41.7 Å². The maximum absolute atomic E-state index is 13.4. The first-order chi connectivity index (χ1) is 16.9. The Morgan fingerprint density at radius 1 is 1.23 bits per heavy atom. The highest BCUT2D eigenvalue weighted by molar-refractivity contribution is 8.18. The van der Waals surface area contributed by atoms with Gasteiger partial charge in [0.1, 0.15) is 16.5 Å². The summed E-state index contributed by atoms with van der Waals surface area (Å²) in [6.45, 7) is 1.87. The summed E-state index contributed by atoms with van der Waals surface area (Å²) in [5.41, 5.74) is 0.436. The number of hydrogen-bond acceptors (Lipinski definition) is 9. The number of carbonyl (C=O) groups excluding carboxylic acids is 1. The smallest absolute Gasteiger partial charge is 0.270 e. The topological polar surface area (TPSA) is 115 Å². The number of aryl methyl sites for hydroxylation is 1. The Hall–Kier alpha value is -3.02. The van der Waals surface area contributed by atoms with Crippen LogP contribution in [0.15, 0.2) is 44.6 Å². The number of amides is 1. The van der Waals surface area contributed by atoms with Crippen molar-refractivity contribution in [1.29, 1.82) is 0 Å². The van der Waals surface area contributed by atoms with Crippen LogP contribution in [0.3, 0.4) is 0 Å². The first-order valence-corrected chi connectivity index (χ1v) is 13.1. The highest BCUT2D eigenvalue weighted by atomic mass is 35.5. The van der Waals surface area contributed by atoms with Crippen LogP contribution in [0.25, 0.3) is 17.4 Å². The molecule has 0 radical (unpaired) electrons. The Balaban J connectivity index is 1.45. The lowest BCUT2D eigenvalue weighted by Gasteiger charge is -2.30. The molecule has 0 N–H and O–H groups in total. The standard InChI is InChI=1S/C23H20ClN5O4S2/c1-13-26-27-22(34-13)25-23-28(14-5-3-2-4-6-14)21(30)20(35-23)12-16-8-10-19(33-16)17-9-7-15(29(31)32)11-18(17)24/h7-12,14H,2-6H2,1H3/b20-12+,25-23+. The van der Waals surface area contributed by atoms with Crippen LogP contribution < -0.4 is 0 Å². The number of non-ortho nitro benzene ring substituents is 1. The van der Waals surface area contributed by atoms with E-state index < -0.39 is 4.92 Å². The third-order valence-corrected chi connectivity index (χ3v) is 7.84. The van der Waals surface area contributed by atoms with Crippen LogP contribution >= 0.6 is 34.7 Å². The number of furan rings is 1. The number of carbonyl (C=O) groups is 1. The van der Waals surface area contributed by atoms with E-state index >= 15 is 0 Å². The van der Waals surface area contributed by atoms with Gasteiger partial charge in [-0.3, -0.25) is 19.8 Å². The zero-order valence-corrected chi connectivity index (χ0v) is 21.0. The Morgan fingerprint density at radius 3 is 2.71 bits per heavy atom. The Labute approximate surface area is 214 Å². The van der Waals surface area contributed by atoms with Crippen molar-refractivity contribution in [1.82, 2.24) is 15.1 Å². The lowest BCUT2D eigenvalue weighted by molar-refractivity contribution is -0.384. The summed E-state index contributed by atoms with van der Waals surface area (Å²) in [5.74, 6) is 0.824. The molecule has 3 aromatic rings. The fraction of sp³-hybridized carbons (Fsp3) is 0.304. The van der Waals surface area contributed by atoms with Crippen molar-refractivity contribution in [2.75, 3.05) is 0 Å². The SMILES string of the molecule is Cc1nnc(/N=C2/S/C(=C/c3ccc(-c4ccc([N+](=O)[O-])cc4Cl)o3)C(=O)N2C2CCCCC2)s1. The van der Waals surface area contributed by atoms with Crippen LogP contribution in [0.4, 0.5) is 10.8 Å². The molecule has 2 aliphatic rings. The van der Waals surface area contributed by atoms with E-state index in [0.29, 0.717) is 32.3 Å². The molecule has 1 aliphatic carbocycles. The van der Waals surface area contributed by atoms with Crippen molar-refractivity contribution in [2.24, 2.45) is 4.99 Å². The van der Waals surface area contributed by atoms with Gasteiger partial charge in [-0.05, 0) is 49.7 Å². The second-order valence-electron chi connectivity index (χ2n) is 8.20. The van der Waals surface area contributed by atoms with E-state index in [9.17, 15) is 14.9 Å². The molecule has 1 saturated carbocycles. The van der Waals surface area contributed by atoms with Crippen molar-refractivity contribution in [3.05, 3.63) is 61.1 Å². The first kappa shape index (κ1) is 23.7. The van der Waals surface area contributed by atoms with Crippen LogP contribution in [0, 0.1) is 17.0 Å². The molecule has 180 valence electrons. The number of rotatable bonds is 5. The molecule has 0 spiro atoms. The average Bonchev–Trinajstić information content (AvgIpc) is 3.54. The van der Waals surface area contributed by atoms with Gasteiger partial charge in [0.25, 0.3) is 11.6 Å². The number of nitro benzene ring substituents is 1. The number of aromatic nitrogens is 2. The van der Waals surface area contributed by atoms with Gasteiger partial charge < -0.3 is 4.42 Å². The van der Waals surface area contributed by atoms with Gasteiger partial charge in [0, 0.05) is 29.8 Å². The van der Waals surface area contributed by atoms with Crippen molar-refractivity contribution in [3.8, 4) is 11.3 Å². The van der Waals surface area contributed by atoms with Crippen molar-refractivity contribution >= 4 is 62.7 Å². The van der Waals surface area contributed by atoms with E-state index in [2.05, 4.69) is 15.2 Å². The minimum atomic E-state index is -0.503. The second kappa shape index (κ2) is 9.92. The second-order valence-corrected chi connectivity index (χ2v) is 10.8. The van der Waals surface area contributed by atoms with Crippen molar-refractivity contribution < 1.29 is 14.1 Å². The maximum Gasteiger partial charge on any atom is 0.270 e. The third-order valence-electron chi connectivity index (χ3n) is 5.81. The average molecular weight is 530 g/mol. The van der Waals surface area contributed by atoms with Gasteiger partial charge in [0.2, 0.25) is 5.13 Å². The number of halogens is 1. The van der Waals surface area contributed by atoms with E-state index in [-0.39, 0.29) is 22.7 Å². The molecule has 1 amide bonds. The van der Waals surface area contributed by atoms with Crippen LogP contribution in [0.1, 0.15) is 42.9 Å². The maximum atomic E-state index is 13.4. The van der Waals surface area contributed by atoms with E-state index in [1.54, 1.807) is 29.2 Å². The summed E-state index contributed by atoms with van der Waals surface area (Å²) in [5, 5.41) is 21.2. The van der Waals surface area contributed by atoms with Gasteiger partial charge in [-0.25, -0.2) is 0 Å². The Kier molecular flexibility index (Phi) is 6.72. The number of aliphatic imine (C=N–C) groups is 1. The molecule has 0 atom stereocenters. The molecule has 1 aliphatic heterocycles. The molecular weight excluding hydrogens is 510 g/mol. The van der Waals surface area contributed by atoms with E-state index in [4.69, 9.17) is 16.0 Å². The van der Waals surface area contributed by atoms with E-state index in [1.807, 2.05) is 6.92 Å². The molecule has 2 fully saturated rings. The number of thioether (sulfide) groups is 1. The fourth-order valence-corrected chi connectivity index (χ4v) is 6.07. The van der Waals surface area contributed by atoms with Crippen LogP contribution in [0.2, 0.25) is 5.02 Å². The Bertz CT molecular complexity index is 1360. The summed E-state index contributed by atoms with van der Waals surface area (Å²) in [4.78, 5) is 30.9. The first-order valence-electron chi connectivity index (χ1n) is 11.0. The highest BCUT2D eigenvalue weighted by Crippen LogP contribution is 2.39. The van der Waals surface area contributed by atoms with Crippen LogP contribution in [-0.2, 0) is 4.79 Å². The summed E-state index contributed by atoms with van der Waals surface area (Å²) in [6.07, 6.45) is 6.92. The largest absolute Gasteiger partial charge is 0.457 e. The summed E-state index contributed by atoms with van der Waals surface area (Å²) in [7, 11) is 0. The third kappa shape index (κ3) is 5.02. The minimum Gasteiger partial charge on any atom is -0.457 e. The molecule has 12 heteroatoms.